The van der Waals surface area contributed by atoms with Gasteiger partial charge in [-0.3, -0.25) is 4.79 Å². The van der Waals surface area contributed by atoms with Gasteiger partial charge < -0.3 is 13.9 Å². The summed E-state index contributed by atoms with van der Waals surface area (Å²) in [5.74, 6) is -3.22. The van der Waals surface area contributed by atoms with E-state index in [9.17, 15) is 22.8 Å². The molecule has 3 aromatic carbocycles. The number of hydrogen-bond donors (Lipinski definition) is 0. The lowest BCUT2D eigenvalue weighted by atomic mass is 9.87. The standard InChI is InChI=1S/C30H27F3O5/c1-16-13-17(2)24(18(3)14-16)28(35)37-21-11-12-22-23(15-21)38-27(30(31,32)33)26(25(22)34)36-20-9-7-19(8-10-20)29(4,5)6/h7-15H,1-6H3. The van der Waals surface area contributed by atoms with Crippen LogP contribution in [0.1, 0.15) is 59.1 Å². The first kappa shape index (κ1) is 27.0. The zero-order valence-electron chi connectivity index (χ0n) is 21.9. The number of aryl methyl sites for hydroxylation is 3. The minimum Gasteiger partial charge on any atom is -0.449 e. The number of halogens is 3. The second kappa shape index (κ2) is 9.67. The SMILES string of the molecule is Cc1cc(C)c(C(=O)Oc2ccc3c(=O)c(Oc4ccc(C(C)(C)C)cc4)c(C(F)(F)F)oc3c2)c(C)c1. The van der Waals surface area contributed by atoms with Crippen LogP contribution in [0.2, 0.25) is 0 Å². The normalized spacial score (nSPS) is 12.0. The number of alkyl halides is 3. The number of hydrogen-bond acceptors (Lipinski definition) is 5. The summed E-state index contributed by atoms with van der Waals surface area (Å²) in [6.07, 6.45) is -5.02. The minimum atomic E-state index is -5.02. The molecule has 5 nitrogen and oxygen atoms in total. The fraction of sp³-hybridized carbons (Fsp3) is 0.267. The molecule has 38 heavy (non-hydrogen) atoms. The Balaban J connectivity index is 1.73. The Kier molecular flexibility index (Phi) is 6.86. The third-order valence-electron chi connectivity index (χ3n) is 6.11. The van der Waals surface area contributed by atoms with E-state index in [2.05, 4.69) is 0 Å². The van der Waals surface area contributed by atoms with Gasteiger partial charge in [0, 0.05) is 6.07 Å². The van der Waals surface area contributed by atoms with Crippen molar-refractivity contribution in [3.63, 3.8) is 0 Å². The van der Waals surface area contributed by atoms with Gasteiger partial charge in [-0.2, -0.15) is 13.2 Å². The summed E-state index contributed by atoms with van der Waals surface area (Å²) < 4.78 is 57.8. The summed E-state index contributed by atoms with van der Waals surface area (Å²) in [5.41, 5.74) is 2.14. The summed E-state index contributed by atoms with van der Waals surface area (Å²) in [6, 6.07) is 13.8. The van der Waals surface area contributed by atoms with Crippen molar-refractivity contribution >= 4 is 16.9 Å². The molecule has 0 radical (unpaired) electrons. The highest BCUT2D eigenvalue weighted by Crippen LogP contribution is 2.39. The van der Waals surface area contributed by atoms with E-state index in [1.807, 2.05) is 39.8 Å². The molecule has 0 aliphatic rings. The molecule has 4 aromatic rings. The van der Waals surface area contributed by atoms with Crippen molar-refractivity contribution in [3.05, 3.63) is 98.4 Å². The lowest BCUT2D eigenvalue weighted by molar-refractivity contribution is -0.154. The third kappa shape index (κ3) is 5.44. The highest BCUT2D eigenvalue weighted by atomic mass is 19.4. The topological polar surface area (TPSA) is 65.7 Å². The van der Waals surface area contributed by atoms with Crippen molar-refractivity contribution in [2.75, 3.05) is 0 Å². The Morgan fingerprint density at radius 1 is 0.842 bits per heavy atom. The van der Waals surface area contributed by atoms with Crippen molar-refractivity contribution in [1.29, 1.82) is 0 Å². The lowest BCUT2D eigenvalue weighted by Gasteiger charge is -2.19. The van der Waals surface area contributed by atoms with Crippen molar-refractivity contribution in [1.82, 2.24) is 0 Å². The maximum Gasteiger partial charge on any atom is 0.453 e. The van der Waals surface area contributed by atoms with E-state index in [1.54, 1.807) is 26.0 Å². The predicted molar refractivity (Wildman–Crippen MR) is 138 cm³/mol. The number of fused-ring (bicyclic) bond motifs is 1. The van der Waals surface area contributed by atoms with Crippen molar-refractivity contribution in [2.45, 2.75) is 53.1 Å². The van der Waals surface area contributed by atoms with E-state index in [0.717, 1.165) is 17.2 Å². The molecule has 0 fully saturated rings. The zero-order valence-corrected chi connectivity index (χ0v) is 21.9. The van der Waals surface area contributed by atoms with E-state index in [-0.39, 0.29) is 27.9 Å². The maximum atomic E-state index is 13.9. The van der Waals surface area contributed by atoms with Crippen LogP contribution in [0.3, 0.4) is 0 Å². The number of carbonyl (C=O) groups excluding carboxylic acids is 1. The molecule has 0 unspecified atom stereocenters. The van der Waals surface area contributed by atoms with Crippen LogP contribution in [-0.2, 0) is 11.6 Å². The number of rotatable bonds is 4. The smallest absolute Gasteiger partial charge is 0.449 e. The molecule has 0 bridgehead atoms. The van der Waals surface area contributed by atoms with E-state index in [4.69, 9.17) is 13.9 Å². The van der Waals surface area contributed by atoms with Crippen LogP contribution in [0.5, 0.6) is 17.2 Å². The molecule has 0 aliphatic heterocycles. The van der Waals surface area contributed by atoms with Crippen LogP contribution in [0.25, 0.3) is 11.0 Å². The average Bonchev–Trinajstić information content (AvgIpc) is 2.79. The Morgan fingerprint density at radius 2 is 1.42 bits per heavy atom. The summed E-state index contributed by atoms with van der Waals surface area (Å²) in [6.45, 7) is 11.4. The molecule has 1 heterocycles. The van der Waals surface area contributed by atoms with Crippen LogP contribution < -0.4 is 14.9 Å². The molecule has 0 saturated heterocycles. The number of esters is 1. The van der Waals surface area contributed by atoms with Gasteiger partial charge in [-0.15, -0.1) is 0 Å². The highest BCUT2D eigenvalue weighted by molar-refractivity contribution is 5.94. The Hall–Kier alpha value is -4.07. The first-order valence-electron chi connectivity index (χ1n) is 11.9. The maximum absolute atomic E-state index is 13.9. The summed E-state index contributed by atoms with van der Waals surface area (Å²) >= 11 is 0. The molecule has 0 saturated carbocycles. The van der Waals surface area contributed by atoms with Gasteiger partial charge in [-0.1, -0.05) is 50.6 Å². The molecular formula is C30H27F3O5. The molecule has 0 aliphatic carbocycles. The van der Waals surface area contributed by atoms with Crippen molar-refractivity contribution in [2.24, 2.45) is 0 Å². The zero-order chi connectivity index (χ0) is 28.0. The Morgan fingerprint density at radius 3 is 1.97 bits per heavy atom. The van der Waals surface area contributed by atoms with Gasteiger partial charge in [0.05, 0.1) is 10.9 Å². The predicted octanol–water partition coefficient (Wildman–Crippen LogP) is 8.05. The van der Waals surface area contributed by atoms with E-state index in [0.29, 0.717) is 16.7 Å². The molecule has 0 amide bonds. The van der Waals surface area contributed by atoms with Crippen LogP contribution in [0.4, 0.5) is 13.2 Å². The van der Waals surface area contributed by atoms with Crippen LogP contribution in [0, 0.1) is 20.8 Å². The van der Waals surface area contributed by atoms with Crippen molar-refractivity contribution < 1.29 is 31.9 Å². The molecule has 0 N–H and O–H groups in total. The fourth-order valence-electron chi connectivity index (χ4n) is 4.30. The highest BCUT2D eigenvalue weighted by Gasteiger charge is 2.40. The van der Waals surface area contributed by atoms with Crippen LogP contribution >= 0.6 is 0 Å². The van der Waals surface area contributed by atoms with Gasteiger partial charge in [-0.05, 0) is 67.1 Å². The second-order valence-electron chi connectivity index (χ2n) is 10.3. The van der Waals surface area contributed by atoms with Gasteiger partial charge in [0.2, 0.25) is 11.2 Å². The van der Waals surface area contributed by atoms with Crippen LogP contribution in [0.15, 0.2) is 63.8 Å². The molecule has 8 heteroatoms. The quantitative estimate of drug-likeness (QED) is 0.200. The first-order chi connectivity index (χ1) is 17.6. The van der Waals surface area contributed by atoms with E-state index in [1.165, 1.54) is 24.3 Å². The molecule has 1 aromatic heterocycles. The molecule has 4 rings (SSSR count). The number of ether oxygens (including phenoxy) is 2. The molecule has 0 spiro atoms. The molecule has 198 valence electrons. The minimum absolute atomic E-state index is 0.0598. The summed E-state index contributed by atoms with van der Waals surface area (Å²) in [4.78, 5) is 25.9. The largest absolute Gasteiger partial charge is 0.453 e. The second-order valence-corrected chi connectivity index (χ2v) is 10.3. The van der Waals surface area contributed by atoms with E-state index >= 15 is 0 Å². The first-order valence-corrected chi connectivity index (χ1v) is 11.9. The number of benzene rings is 3. The summed E-state index contributed by atoms with van der Waals surface area (Å²) in [7, 11) is 0. The fourth-order valence-corrected chi connectivity index (χ4v) is 4.30. The Labute approximate surface area is 217 Å². The van der Waals surface area contributed by atoms with Gasteiger partial charge in [0.1, 0.15) is 17.1 Å². The van der Waals surface area contributed by atoms with Crippen molar-refractivity contribution in [3.8, 4) is 17.2 Å². The third-order valence-corrected chi connectivity index (χ3v) is 6.11. The summed E-state index contributed by atoms with van der Waals surface area (Å²) in [5, 5.41) is -0.151. The lowest BCUT2D eigenvalue weighted by Crippen LogP contribution is -2.16. The van der Waals surface area contributed by atoms with Gasteiger partial charge in [0.25, 0.3) is 5.76 Å². The van der Waals surface area contributed by atoms with Crippen LogP contribution in [-0.4, -0.2) is 5.97 Å². The average molecular weight is 525 g/mol. The van der Waals surface area contributed by atoms with Gasteiger partial charge in [0.15, 0.2) is 0 Å². The monoisotopic (exact) mass is 524 g/mol. The van der Waals surface area contributed by atoms with Gasteiger partial charge >= 0.3 is 12.1 Å². The number of carbonyl (C=O) groups is 1. The Bertz CT molecular complexity index is 1570. The van der Waals surface area contributed by atoms with E-state index < -0.39 is 29.1 Å². The molecular weight excluding hydrogens is 497 g/mol. The van der Waals surface area contributed by atoms with Gasteiger partial charge in [-0.25, -0.2) is 4.79 Å². The molecule has 0 atom stereocenters.